The molecule has 0 N–H and O–H groups in total. The van der Waals surface area contributed by atoms with Crippen molar-refractivity contribution < 1.29 is 22.0 Å². The lowest BCUT2D eigenvalue weighted by atomic mass is 10.3. The van der Waals surface area contributed by atoms with E-state index in [0.717, 1.165) is 0 Å². The van der Waals surface area contributed by atoms with E-state index >= 15 is 0 Å². The number of halogens is 6. The molecule has 0 aromatic carbocycles. The summed E-state index contributed by atoms with van der Waals surface area (Å²) < 4.78 is 58.7. The molecule has 1 rings (SSSR count). The van der Waals surface area contributed by atoms with Gasteiger partial charge in [-0.25, -0.2) is 0 Å². The van der Waals surface area contributed by atoms with Crippen molar-refractivity contribution in [3.63, 3.8) is 0 Å². The summed E-state index contributed by atoms with van der Waals surface area (Å²) in [6.07, 6.45) is -5.20. The molecule has 0 aliphatic heterocycles. The van der Waals surface area contributed by atoms with Crippen molar-refractivity contribution in [1.82, 2.24) is 0 Å². The van der Waals surface area contributed by atoms with E-state index in [2.05, 4.69) is 11.6 Å². The second kappa shape index (κ2) is 2.21. The minimum atomic E-state index is -4.56. The van der Waals surface area contributed by atoms with Gasteiger partial charge in [0.15, 0.2) is 0 Å². The predicted octanol–water partition coefficient (Wildman–Crippen LogP) is 2.97. The van der Waals surface area contributed by atoms with E-state index in [1.165, 1.54) is 0 Å². The summed E-state index contributed by atoms with van der Waals surface area (Å²) in [5.41, 5.74) is 0. The van der Waals surface area contributed by atoms with Crippen LogP contribution in [0.25, 0.3) is 0 Å². The van der Waals surface area contributed by atoms with Gasteiger partial charge >= 0.3 is 11.6 Å². The van der Waals surface area contributed by atoms with E-state index in [1.807, 2.05) is 0 Å². The maximum Gasteiger partial charge on any atom is 0.392 e. The zero-order valence-corrected chi connectivity index (χ0v) is 5.81. The lowest BCUT2D eigenvalue weighted by Crippen LogP contribution is -2.17. The summed E-state index contributed by atoms with van der Waals surface area (Å²) in [5, 5.41) is -3.79. The summed E-state index contributed by atoms with van der Waals surface area (Å²) in [4.78, 5) is 0. The fourth-order valence-corrected chi connectivity index (χ4v) is 0.996. The summed E-state index contributed by atoms with van der Waals surface area (Å²) >= 11 is 4.36. The first-order valence-corrected chi connectivity index (χ1v) is 3.10. The van der Waals surface area contributed by atoms with Crippen LogP contribution in [0.15, 0.2) is 0 Å². The second-order valence-corrected chi connectivity index (χ2v) is 2.80. The Hall–Kier alpha value is -0.0600. The van der Waals surface area contributed by atoms with Crippen molar-refractivity contribution in [3.05, 3.63) is 5.92 Å². The fourth-order valence-electron chi connectivity index (χ4n) is 0.788. The molecule has 0 bridgehead atoms. The summed E-state index contributed by atoms with van der Waals surface area (Å²) in [7, 11) is 0. The average molecular weight is 194 g/mol. The van der Waals surface area contributed by atoms with Crippen molar-refractivity contribution in [2.45, 2.75) is 18.0 Å². The number of alkyl halides is 6. The molecule has 1 aliphatic carbocycles. The van der Waals surface area contributed by atoms with E-state index in [1.54, 1.807) is 0 Å². The van der Waals surface area contributed by atoms with Crippen molar-refractivity contribution >= 4 is 11.6 Å². The Morgan fingerprint density at radius 2 is 1.64 bits per heavy atom. The largest absolute Gasteiger partial charge is 0.392 e. The Morgan fingerprint density at radius 1 is 1.18 bits per heavy atom. The molecule has 1 atom stereocenters. The van der Waals surface area contributed by atoms with Crippen LogP contribution in [0.5, 0.6) is 0 Å². The van der Waals surface area contributed by atoms with Gasteiger partial charge in [-0.1, -0.05) is 0 Å². The Morgan fingerprint density at radius 3 is 1.73 bits per heavy atom. The molecule has 0 spiro atoms. The van der Waals surface area contributed by atoms with Gasteiger partial charge in [0.1, 0.15) is 0 Å². The van der Waals surface area contributed by atoms with E-state index in [9.17, 15) is 22.0 Å². The Kier molecular flexibility index (Phi) is 1.82. The van der Waals surface area contributed by atoms with E-state index < -0.39 is 29.8 Å². The molecule has 0 amide bonds. The summed E-state index contributed by atoms with van der Waals surface area (Å²) in [6, 6.07) is 0. The van der Waals surface area contributed by atoms with Crippen LogP contribution in [0.1, 0.15) is 6.42 Å². The molecule has 0 saturated heterocycles. The van der Waals surface area contributed by atoms with Crippen LogP contribution in [0.4, 0.5) is 22.0 Å². The summed E-state index contributed by atoms with van der Waals surface area (Å²) in [6.45, 7) is 0. The van der Waals surface area contributed by atoms with Crippen LogP contribution in [-0.2, 0) is 0 Å². The molecule has 1 fully saturated rings. The number of hydrogen-bond acceptors (Lipinski definition) is 0. The lowest BCUT2D eigenvalue weighted by Gasteiger charge is -2.07. The molecule has 0 nitrogen and oxygen atoms in total. The van der Waals surface area contributed by atoms with Crippen molar-refractivity contribution in [2.24, 2.45) is 5.92 Å². The SMILES string of the molecule is FC(F)(Cl)[C]1CC1C(F)(F)F. The van der Waals surface area contributed by atoms with Crippen LogP contribution in [0.2, 0.25) is 0 Å². The van der Waals surface area contributed by atoms with Crippen LogP contribution in [0.3, 0.4) is 0 Å². The van der Waals surface area contributed by atoms with Gasteiger partial charge in [-0.2, -0.15) is 22.0 Å². The average Bonchev–Trinajstić information content (AvgIpc) is 2.30. The molecule has 65 valence electrons. The quantitative estimate of drug-likeness (QED) is 0.444. The van der Waals surface area contributed by atoms with Gasteiger partial charge in [0.25, 0.3) is 0 Å². The molecule has 1 unspecified atom stereocenters. The van der Waals surface area contributed by atoms with Gasteiger partial charge in [0, 0.05) is 0 Å². The molecular weight excluding hydrogens is 190 g/mol. The van der Waals surface area contributed by atoms with E-state index in [0.29, 0.717) is 0 Å². The van der Waals surface area contributed by atoms with Gasteiger partial charge in [0.2, 0.25) is 0 Å². The molecule has 6 heteroatoms. The lowest BCUT2D eigenvalue weighted by molar-refractivity contribution is -0.148. The van der Waals surface area contributed by atoms with Gasteiger partial charge < -0.3 is 0 Å². The normalized spacial score (nSPS) is 27.3. The third kappa shape index (κ3) is 1.95. The molecule has 1 radical (unpaired) electrons. The number of rotatable bonds is 1. The highest BCUT2D eigenvalue weighted by atomic mass is 35.5. The van der Waals surface area contributed by atoms with Gasteiger partial charge in [-0.15, -0.1) is 0 Å². The maximum absolute atomic E-state index is 11.9. The molecule has 0 aromatic heterocycles. The Labute approximate surface area is 64.3 Å². The predicted molar refractivity (Wildman–Crippen MR) is 28.2 cm³/mol. The highest BCUT2D eigenvalue weighted by molar-refractivity contribution is 6.23. The van der Waals surface area contributed by atoms with Crippen molar-refractivity contribution in [2.75, 3.05) is 0 Å². The van der Waals surface area contributed by atoms with Crippen molar-refractivity contribution in [3.8, 4) is 0 Å². The first-order chi connectivity index (χ1) is 4.73. The smallest absolute Gasteiger partial charge is 0.188 e. The molecule has 0 aromatic rings. The van der Waals surface area contributed by atoms with E-state index in [-0.39, 0.29) is 0 Å². The molecule has 11 heavy (non-hydrogen) atoms. The summed E-state index contributed by atoms with van der Waals surface area (Å²) in [5.74, 6) is -2.92. The minimum absolute atomic E-state index is 0.639. The first-order valence-electron chi connectivity index (χ1n) is 2.72. The van der Waals surface area contributed by atoms with Crippen LogP contribution in [0, 0.1) is 11.8 Å². The highest BCUT2D eigenvalue weighted by Crippen LogP contribution is 2.59. The van der Waals surface area contributed by atoms with Gasteiger partial charge in [-0.05, 0) is 18.0 Å². The Bertz CT molecular complexity index is 139. The van der Waals surface area contributed by atoms with Crippen molar-refractivity contribution in [1.29, 1.82) is 0 Å². The van der Waals surface area contributed by atoms with Gasteiger partial charge in [0.05, 0.1) is 11.8 Å². The monoisotopic (exact) mass is 193 g/mol. The molecular formula is C5H3ClF5. The standard InChI is InChI=1S/C5H3ClF5/c6-4(7,8)2-1-3(2)5(9,10)11/h3H,1H2. The highest BCUT2D eigenvalue weighted by Gasteiger charge is 2.65. The van der Waals surface area contributed by atoms with Crippen LogP contribution >= 0.6 is 11.6 Å². The van der Waals surface area contributed by atoms with Crippen LogP contribution in [-0.4, -0.2) is 11.6 Å². The topological polar surface area (TPSA) is 0 Å². The fraction of sp³-hybridized carbons (Fsp3) is 0.800. The third-order valence-electron chi connectivity index (χ3n) is 1.44. The molecule has 1 aliphatic rings. The van der Waals surface area contributed by atoms with Crippen LogP contribution < -0.4 is 0 Å². The molecule has 0 heterocycles. The third-order valence-corrected chi connectivity index (χ3v) is 1.69. The zero-order valence-electron chi connectivity index (χ0n) is 5.05. The number of hydrogen-bond donors (Lipinski definition) is 0. The maximum atomic E-state index is 11.9. The minimum Gasteiger partial charge on any atom is -0.188 e. The first kappa shape index (κ1) is 9.03. The van der Waals surface area contributed by atoms with Gasteiger partial charge in [-0.3, -0.25) is 0 Å². The second-order valence-electron chi connectivity index (χ2n) is 2.32. The zero-order chi connectivity index (χ0) is 8.86. The molecule has 1 saturated carbocycles. The Balaban J connectivity index is 2.51. The van der Waals surface area contributed by atoms with E-state index in [4.69, 9.17) is 0 Å².